The summed E-state index contributed by atoms with van der Waals surface area (Å²) in [4.78, 5) is 50.8. The van der Waals surface area contributed by atoms with Gasteiger partial charge < -0.3 is 14.6 Å². The Labute approximate surface area is 212 Å². The molecule has 0 atom stereocenters. The van der Waals surface area contributed by atoms with E-state index in [9.17, 15) is 19.2 Å². The van der Waals surface area contributed by atoms with Gasteiger partial charge >= 0.3 is 5.97 Å². The second-order valence-electron chi connectivity index (χ2n) is 8.38. The lowest BCUT2D eigenvalue weighted by atomic mass is 10.2. The summed E-state index contributed by atoms with van der Waals surface area (Å²) in [5.41, 5.74) is 5.51. The van der Waals surface area contributed by atoms with Gasteiger partial charge in [-0.15, -0.1) is 0 Å². The van der Waals surface area contributed by atoms with Crippen molar-refractivity contribution in [2.45, 2.75) is 20.8 Å². The van der Waals surface area contributed by atoms with Gasteiger partial charge in [0.05, 0.1) is 17.6 Å². The number of ether oxygens (including phenoxy) is 1. The molecular weight excluding hydrogens is 478 g/mol. The molecule has 1 aliphatic rings. The molecule has 3 amide bonds. The molecule has 36 heavy (non-hydrogen) atoms. The van der Waals surface area contributed by atoms with E-state index in [-0.39, 0.29) is 11.4 Å². The van der Waals surface area contributed by atoms with Crippen molar-refractivity contribution in [2.24, 2.45) is 0 Å². The average Bonchev–Trinajstić information content (AvgIpc) is 3.29. The van der Waals surface area contributed by atoms with Crippen molar-refractivity contribution in [2.75, 3.05) is 19.0 Å². The summed E-state index contributed by atoms with van der Waals surface area (Å²) in [6.07, 6.45) is 1.67. The Hall–Kier alpha value is -4.11. The first-order valence-electron chi connectivity index (χ1n) is 11.2. The minimum atomic E-state index is -0.503. The van der Waals surface area contributed by atoms with Crippen molar-refractivity contribution < 1.29 is 23.9 Å². The van der Waals surface area contributed by atoms with Gasteiger partial charge in [-0.3, -0.25) is 19.3 Å². The average molecular weight is 504 g/mol. The zero-order valence-electron chi connectivity index (χ0n) is 20.3. The van der Waals surface area contributed by atoms with Crippen molar-refractivity contribution in [3.05, 3.63) is 87.6 Å². The third-order valence-corrected chi connectivity index (χ3v) is 6.72. The molecule has 1 aromatic heterocycles. The fraction of sp³-hybridized carbons (Fsp3) is 0.185. The van der Waals surface area contributed by atoms with Crippen LogP contribution in [-0.4, -0.2) is 46.1 Å². The summed E-state index contributed by atoms with van der Waals surface area (Å²) in [6.45, 7) is 5.42. The van der Waals surface area contributed by atoms with E-state index in [0.717, 1.165) is 44.9 Å². The van der Waals surface area contributed by atoms with Gasteiger partial charge in [-0.25, -0.2) is 4.79 Å². The van der Waals surface area contributed by atoms with Gasteiger partial charge in [-0.1, -0.05) is 17.7 Å². The molecule has 1 N–H and O–H groups in total. The topological polar surface area (TPSA) is 97.7 Å². The van der Waals surface area contributed by atoms with Gasteiger partial charge in [0.25, 0.3) is 11.1 Å². The Morgan fingerprint density at radius 3 is 2.31 bits per heavy atom. The van der Waals surface area contributed by atoms with Crippen molar-refractivity contribution in [1.82, 2.24) is 9.47 Å². The lowest BCUT2D eigenvalue weighted by Gasteiger charge is -2.12. The predicted octanol–water partition coefficient (Wildman–Crippen LogP) is 4.86. The maximum absolute atomic E-state index is 12.9. The highest BCUT2D eigenvalue weighted by atomic mass is 32.2. The first kappa shape index (κ1) is 25.0. The monoisotopic (exact) mass is 503 g/mol. The highest BCUT2D eigenvalue weighted by molar-refractivity contribution is 8.18. The van der Waals surface area contributed by atoms with Crippen molar-refractivity contribution >= 4 is 46.5 Å². The molecule has 8 nitrogen and oxygen atoms in total. The molecule has 1 aliphatic heterocycles. The maximum Gasteiger partial charge on any atom is 0.337 e. The van der Waals surface area contributed by atoms with E-state index >= 15 is 0 Å². The van der Waals surface area contributed by atoms with Crippen LogP contribution in [0.5, 0.6) is 0 Å². The number of nitrogens with one attached hydrogen (secondary N) is 1. The van der Waals surface area contributed by atoms with E-state index in [1.54, 1.807) is 30.3 Å². The van der Waals surface area contributed by atoms with E-state index < -0.39 is 23.0 Å². The Bertz CT molecular complexity index is 1390. The fourth-order valence-corrected chi connectivity index (χ4v) is 4.78. The van der Waals surface area contributed by atoms with Crippen molar-refractivity contribution in [1.29, 1.82) is 0 Å². The smallest absolute Gasteiger partial charge is 0.337 e. The third-order valence-electron chi connectivity index (χ3n) is 5.81. The minimum absolute atomic E-state index is 0.254. The van der Waals surface area contributed by atoms with Crippen LogP contribution in [0.2, 0.25) is 0 Å². The van der Waals surface area contributed by atoms with Crippen LogP contribution in [-0.2, 0) is 14.3 Å². The summed E-state index contributed by atoms with van der Waals surface area (Å²) in [5, 5.41) is 2.22. The minimum Gasteiger partial charge on any atom is -0.465 e. The molecular formula is C27H25N3O5S. The zero-order valence-corrected chi connectivity index (χ0v) is 21.1. The third kappa shape index (κ3) is 5.11. The molecule has 9 heteroatoms. The summed E-state index contributed by atoms with van der Waals surface area (Å²) in [6, 6.07) is 16.2. The second-order valence-corrected chi connectivity index (χ2v) is 9.38. The molecule has 3 aromatic rings. The lowest BCUT2D eigenvalue weighted by Crippen LogP contribution is -2.36. The molecule has 0 spiro atoms. The number of amides is 3. The molecule has 184 valence electrons. The van der Waals surface area contributed by atoms with Crippen LogP contribution in [0.1, 0.15) is 32.9 Å². The zero-order chi connectivity index (χ0) is 26.0. The van der Waals surface area contributed by atoms with Crippen molar-refractivity contribution in [3.8, 4) is 5.69 Å². The number of benzene rings is 2. The van der Waals surface area contributed by atoms with Crippen LogP contribution in [0.4, 0.5) is 10.5 Å². The highest BCUT2D eigenvalue weighted by Gasteiger charge is 2.36. The molecule has 0 radical (unpaired) electrons. The molecule has 2 aromatic carbocycles. The Kier molecular flexibility index (Phi) is 7.12. The largest absolute Gasteiger partial charge is 0.465 e. The number of anilines is 1. The Morgan fingerprint density at radius 1 is 1.00 bits per heavy atom. The Balaban J connectivity index is 1.51. The highest BCUT2D eigenvalue weighted by Crippen LogP contribution is 2.33. The lowest BCUT2D eigenvalue weighted by molar-refractivity contribution is -0.127. The predicted molar refractivity (Wildman–Crippen MR) is 139 cm³/mol. The van der Waals surface area contributed by atoms with Crippen LogP contribution < -0.4 is 5.32 Å². The van der Waals surface area contributed by atoms with Crippen LogP contribution in [0.3, 0.4) is 0 Å². The number of esters is 1. The summed E-state index contributed by atoms with van der Waals surface area (Å²) in [5.74, 6) is -1.36. The van der Waals surface area contributed by atoms with Crippen LogP contribution in [0.25, 0.3) is 11.8 Å². The van der Waals surface area contributed by atoms with E-state index in [4.69, 9.17) is 4.74 Å². The van der Waals surface area contributed by atoms with Crippen LogP contribution in [0.15, 0.2) is 59.5 Å². The summed E-state index contributed by atoms with van der Waals surface area (Å²) < 4.78 is 6.74. The maximum atomic E-state index is 12.9. The molecule has 2 heterocycles. The molecule has 4 rings (SSSR count). The van der Waals surface area contributed by atoms with E-state index in [1.807, 2.05) is 55.7 Å². The van der Waals surface area contributed by atoms with Gasteiger partial charge in [0.15, 0.2) is 0 Å². The van der Waals surface area contributed by atoms with Gasteiger partial charge in [-0.05, 0) is 86.6 Å². The molecule has 0 aliphatic carbocycles. The number of rotatable bonds is 6. The fourth-order valence-electron chi connectivity index (χ4n) is 3.95. The van der Waals surface area contributed by atoms with Crippen LogP contribution >= 0.6 is 11.8 Å². The summed E-state index contributed by atoms with van der Waals surface area (Å²) in [7, 11) is 1.33. The molecule has 0 unspecified atom stereocenters. The van der Waals surface area contributed by atoms with E-state index in [1.165, 1.54) is 7.11 Å². The number of thioether (sulfide) groups is 1. The molecule has 1 fully saturated rings. The number of hydrogen-bond donors (Lipinski definition) is 1. The van der Waals surface area contributed by atoms with Gasteiger partial charge in [0, 0.05) is 22.8 Å². The van der Waals surface area contributed by atoms with Crippen molar-refractivity contribution in [3.63, 3.8) is 0 Å². The summed E-state index contributed by atoms with van der Waals surface area (Å²) >= 11 is 0.812. The standard InChI is InChI=1S/C27H25N3O5S/c1-16-5-9-21(10-6-16)28-24(31)15-29-25(32)23(36-27(29)34)14-20-13-17(2)30(18(20)3)22-11-7-19(8-12-22)26(33)35-4/h5-14H,15H2,1-4H3,(H,28,31)/b23-14+. The molecule has 0 saturated carbocycles. The first-order chi connectivity index (χ1) is 17.2. The second kappa shape index (κ2) is 10.2. The normalized spacial score (nSPS) is 14.4. The van der Waals surface area contributed by atoms with Gasteiger partial charge in [0.2, 0.25) is 5.91 Å². The van der Waals surface area contributed by atoms with Gasteiger partial charge in [0.1, 0.15) is 6.54 Å². The number of hydrogen-bond acceptors (Lipinski definition) is 6. The first-order valence-corrected chi connectivity index (χ1v) is 12.0. The molecule has 1 saturated heterocycles. The number of carbonyl (C=O) groups is 4. The number of imide groups is 1. The number of aryl methyl sites for hydroxylation is 2. The number of carbonyl (C=O) groups excluding carboxylic acids is 4. The molecule has 0 bridgehead atoms. The van der Waals surface area contributed by atoms with Crippen LogP contribution in [0, 0.1) is 20.8 Å². The SMILES string of the molecule is COC(=O)c1ccc(-n2c(C)cc(/C=C3/SC(=O)N(CC(=O)Nc4ccc(C)cc4)C3=O)c2C)cc1. The van der Waals surface area contributed by atoms with Gasteiger partial charge in [-0.2, -0.15) is 0 Å². The van der Waals surface area contributed by atoms with E-state index in [0.29, 0.717) is 11.3 Å². The Morgan fingerprint density at radius 2 is 1.67 bits per heavy atom. The quantitative estimate of drug-likeness (QED) is 0.381. The number of aromatic nitrogens is 1. The number of methoxy groups -OCH3 is 1. The number of nitrogens with zero attached hydrogens (tertiary/aromatic N) is 2. The van der Waals surface area contributed by atoms with E-state index in [2.05, 4.69) is 5.32 Å².